The van der Waals surface area contributed by atoms with Crippen LogP contribution in [0.25, 0.3) is 10.8 Å². The van der Waals surface area contributed by atoms with Crippen molar-refractivity contribution in [3.05, 3.63) is 42.7 Å². The third-order valence-corrected chi connectivity index (χ3v) is 2.41. The van der Waals surface area contributed by atoms with E-state index in [4.69, 9.17) is 0 Å². The van der Waals surface area contributed by atoms with Crippen LogP contribution < -0.4 is 0 Å². The van der Waals surface area contributed by atoms with Crippen molar-refractivity contribution in [2.24, 2.45) is 0 Å². The molecule has 3 nitrogen and oxygen atoms in total. The largest absolute Gasteiger partial charge is 0.465 e. The Morgan fingerprint density at radius 2 is 2.00 bits per heavy atom. The van der Waals surface area contributed by atoms with Gasteiger partial charge >= 0.3 is 0 Å². The van der Waals surface area contributed by atoms with Gasteiger partial charge in [-0.25, -0.2) is 0 Å². The van der Waals surface area contributed by atoms with Crippen molar-refractivity contribution >= 4 is 17.2 Å². The molecule has 0 saturated heterocycles. The van der Waals surface area contributed by atoms with Gasteiger partial charge in [0.15, 0.2) is 0 Å². The summed E-state index contributed by atoms with van der Waals surface area (Å²) >= 11 is 0. The standard InChI is InChI=1S/C9H7N.C5H10O2/c1-2-4-9-7-10-6-5-8(9)3-1;1-3-5(2)7-4-6/h1-7H;4-5H,3H2,1-2H3. The van der Waals surface area contributed by atoms with Crippen LogP contribution in [0.2, 0.25) is 0 Å². The molecule has 0 N–H and O–H groups in total. The van der Waals surface area contributed by atoms with E-state index in [1.807, 2.05) is 44.4 Å². The van der Waals surface area contributed by atoms with Crippen molar-refractivity contribution < 1.29 is 9.53 Å². The number of aromatic nitrogens is 1. The molecule has 0 fully saturated rings. The first-order chi connectivity index (χ1) is 8.27. The van der Waals surface area contributed by atoms with Gasteiger partial charge in [0.25, 0.3) is 6.47 Å². The van der Waals surface area contributed by atoms with Gasteiger partial charge in [0.05, 0.1) is 6.10 Å². The summed E-state index contributed by atoms with van der Waals surface area (Å²) in [5.74, 6) is 0. The van der Waals surface area contributed by atoms with E-state index in [0.717, 1.165) is 6.42 Å². The summed E-state index contributed by atoms with van der Waals surface area (Å²) in [6, 6.07) is 10.2. The maximum absolute atomic E-state index is 9.55. The van der Waals surface area contributed by atoms with Crippen LogP contribution in [0.4, 0.5) is 0 Å². The minimum absolute atomic E-state index is 0.0810. The quantitative estimate of drug-likeness (QED) is 0.761. The van der Waals surface area contributed by atoms with E-state index in [2.05, 4.69) is 21.9 Å². The molecule has 17 heavy (non-hydrogen) atoms. The second-order valence-corrected chi connectivity index (χ2v) is 3.67. The van der Waals surface area contributed by atoms with E-state index in [0.29, 0.717) is 6.47 Å². The summed E-state index contributed by atoms with van der Waals surface area (Å²) < 4.78 is 4.51. The Bertz CT molecular complexity index is 391. The first kappa shape index (κ1) is 13.2. The molecule has 0 amide bonds. The number of hydrogen-bond acceptors (Lipinski definition) is 3. The molecule has 1 aromatic heterocycles. The molecule has 2 rings (SSSR count). The summed E-state index contributed by atoms with van der Waals surface area (Å²) in [5.41, 5.74) is 0. The maximum atomic E-state index is 9.55. The van der Waals surface area contributed by atoms with Crippen LogP contribution in [0.15, 0.2) is 42.7 Å². The van der Waals surface area contributed by atoms with Gasteiger partial charge in [-0.3, -0.25) is 9.78 Å². The third kappa shape index (κ3) is 4.64. The summed E-state index contributed by atoms with van der Waals surface area (Å²) in [7, 11) is 0. The lowest BCUT2D eigenvalue weighted by Gasteiger charge is -2.02. The Morgan fingerprint density at radius 3 is 2.53 bits per heavy atom. The summed E-state index contributed by atoms with van der Waals surface area (Å²) in [4.78, 5) is 13.6. The zero-order chi connectivity index (χ0) is 12.5. The predicted molar refractivity (Wildman–Crippen MR) is 68.6 cm³/mol. The van der Waals surface area contributed by atoms with Gasteiger partial charge in [-0.1, -0.05) is 31.2 Å². The van der Waals surface area contributed by atoms with Crippen molar-refractivity contribution in [1.82, 2.24) is 4.98 Å². The van der Waals surface area contributed by atoms with E-state index in [-0.39, 0.29) is 6.10 Å². The molecule has 1 atom stereocenters. The summed E-state index contributed by atoms with van der Waals surface area (Å²) in [6.45, 7) is 4.30. The number of carbonyl (C=O) groups is 1. The molecule has 0 bridgehead atoms. The highest BCUT2D eigenvalue weighted by Gasteiger charge is 1.92. The van der Waals surface area contributed by atoms with Crippen LogP contribution in [-0.4, -0.2) is 17.6 Å². The zero-order valence-electron chi connectivity index (χ0n) is 10.2. The normalized spacial score (nSPS) is 11.2. The monoisotopic (exact) mass is 231 g/mol. The number of benzene rings is 1. The molecule has 90 valence electrons. The Hall–Kier alpha value is -1.90. The van der Waals surface area contributed by atoms with Gasteiger partial charge in [0.1, 0.15) is 0 Å². The van der Waals surface area contributed by atoms with Crippen LogP contribution in [0, 0.1) is 0 Å². The Labute approximate surface area is 101 Å². The number of hydrogen-bond donors (Lipinski definition) is 0. The van der Waals surface area contributed by atoms with Crippen LogP contribution in [0.3, 0.4) is 0 Å². The van der Waals surface area contributed by atoms with Crippen molar-refractivity contribution in [2.75, 3.05) is 0 Å². The third-order valence-electron chi connectivity index (χ3n) is 2.41. The lowest BCUT2D eigenvalue weighted by atomic mass is 10.2. The minimum atomic E-state index is 0.0810. The second-order valence-electron chi connectivity index (χ2n) is 3.67. The molecule has 0 radical (unpaired) electrons. The number of pyridine rings is 1. The fraction of sp³-hybridized carbons (Fsp3) is 0.286. The average molecular weight is 231 g/mol. The van der Waals surface area contributed by atoms with Gasteiger partial charge < -0.3 is 4.74 Å². The summed E-state index contributed by atoms with van der Waals surface area (Å²) in [6.07, 6.45) is 4.65. The van der Waals surface area contributed by atoms with Crippen molar-refractivity contribution in [3.8, 4) is 0 Å². The van der Waals surface area contributed by atoms with Crippen LogP contribution in [0.5, 0.6) is 0 Å². The van der Waals surface area contributed by atoms with Crippen molar-refractivity contribution in [2.45, 2.75) is 26.4 Å². The molecule has 2 aromatic rings. The molecular formula is C14H17NO2. The Morgan fingerprint density at radius 1 is 1.29 bits per heavy atom. The van der Waals surface area contributed by atoms with Crippen LogP contribution in [-0.2, 0) is 9.53 Å². The summed E-state index contributed by atoms with van der Waals surface area (Å²) in [5, 5.41) is 2.45. The van der Waals surface area contributed by atoms with Crippen molar-refractivity contribution in [1.29, 1.82) is 0 Å². The molecular weight excluding hydrogens is 214 g/mol. The van der Waals surface area contributed by atoms with E-state index >= 15 is 0 Å². The second kappa shape index (κ2) is 7.39. The highest BCUT2D eigenvalue weighted by Crippen LogP contribution is 2.09. The molecule has 0 aliphatic rings. The van der Waals surface area contributed by atoms with Crippen LogP contribution in [0.1, 0.15) is 20.3 Å². The number of ether oxygens (including phenoxy) is 1. The fourth-order valence-electron chi connectivity index (χ4n) is 1.22. The lowest BCUT2D eigenvalue weighted by molar-refractivity contribution is -0.132. The molecule has 1 unspecified atom stereocenters. The van der Waals surface area contributed by atoms with Gasteiger partial charge in [-0.2, -0.15) is 0 Å². The maximum Gasteiger partial charge on any atom is 0.293 e. The smallest absolute Gasteiger partial charge is 0.293 e. The van der Waals surface area contributed by atoms with E-state index in [1.165, 1.54) is 10.8 Å². The molecule has 1 heterocycles. The Balaban J connectivity index is 0.000000185. The number of nitrogens with zero attached hydrogens (tertiary/aromatic N) is 1. The molecule has 3 heteroatoms. The highest BCUT2D eigenvalue weighted by atomic mass is 16.5. The van der Waals surface area contributed by atoms with E-state index < -0.39 is 0 Å². The van der Waals surface area contributed by atoms with Gasteiger partial charge in [0, 0.05) is 12.4 Å². The van der Waals surface area contributed by atoms with E-state index in [9.17, 15) is 4.79 Å². The number of fused-ring (bicyclic) bond motifs is 1. The number of carbonyl (C=O) groups excluding carboxylic acids is 1. The van der Waals surface area contributed by atoms with Crippen LogP contribution >= 0.6 is 0 Å². The zero-order valence-corrected chi connectivity index (χ0v) is 10.2. The molecule has 1 aromatic carbocycles. The van der Waals surface area contributed by atoms with Crippen molar-refractivity contribution in [3.63, 3.8) is 0 Å². The molecule has 0 aliphatic carbocycles. The average Bonchev–Trinajstić information content (AvgIpc) is 2.40. The topological polar surface area (TPSA) is 39.2 Å². The first-order valence-electron chi connectivity index (χ1n) is 5.65. The number of rotatable bonds is 3. The Kier molecular flexibility index (Phi) is 5.72. The predicted octanol–water partition coefficient (Wildman–Crippen LogP) is 3.19. The lowest BCUT2D eigenvalue weighted by Crippen LogP contribution is -2.03. The highest BCUT2D eigenvalue weighted by molar-refractivity contribution is 5.80. The first-order valence-corrected chi connectivity index (χ1v) is 5.65. The van der Waals surface area contributed by atoms with Gasteiger partial charge in [-0.05, 0) is 30.2 Å². The van der Waals surface area contributed by atoms with Gasteiger partial charge in [0.2, 0.25) is 0 Å². The van der Waals surface area contributed by atoms with Gasteiger partial charge in [-0.15, -0.1) is 0 Å². The van der Waals surface area contributed by atoms with E-state index in [1.54, 1.807) is 0 Å². The minimum Gasteiger partial charge on any atom is -0.465 e. The SMILES string of the molecule is CCC(C)OC=O.c1ccc2cnccc2c1. The molecule has 0 aliphatic heterocycles. The molecule has 0 saturated carbocycles. The molecule has 0 spiro atoms. The fourth-order valence-corrected chi connectivity index (χ4v) is 1.22.